The van der Waals surface area contributed by atoms with Crippen LogP contribution >= 0.6 is 0 Å². The number of hydrogen-bond acceptors (Lipinski definition) is 1. The third-order valence-corrected chi connectivity index (χ3v) is 2.27. The molecule has 1 radical (unpaired) electrons. The molecular formula is C10H11O2. The first-order valence-electron chi connectivity index (χ1n) is 4.27. The van der Waals surface area contributed by atoms with Gasteiger partial charge in [-0.15, -0.1) is 0 Å². The summed E-state index contributed by atoms with van der Waals surface area (Å²) in [6.45, 7) is 2.07. The summed E-state index contributed by atoms with van der Waals surface area (Å²) in [4.78, 5) is 0. The summed E-state index contributed by atoms with van der Waals surface area (Å²) < 4.78 is 5.54. The van der Waals surface area contributed by atoms with E-state index in [2.05, 4.69) is 6.92 Å². The standard InChI is InChI=1S/C10H11O2/c1-2-7-6-8-9(11)4-3-5-10(8)12-7/h3-5,7H,2,6H2,1H3. The Morgan fingerprint density at radius 2 is 2.42 bits per heavy atom. The van der Waals surface area contributed by atoms with Crippen LogP contribution in [0.1, 0.15) is 18.9 Å². The van der Waals surface area contributed by atoms with Gasteiger partial charge in [0.1, 0.15) is 11.9 Å². The average Bonchev–Trinajstić information content (AvgIpc) is 2.49. The van der Waals surface area contributed by atoms with E-state index in [0.29, 0.717) is 0 Å². The highest BCUT2D eigenvalue weighted by Crippen LogP contribution is 2.35. The van der Waals surface area contributed by atoms with E-state index in [-0.39, 0.29) is 11.9 Å². The highest BCUT2D eigenvalue weighted by atomic mass is 16.5. The maximum absolute atomic E-state index is 11.3. The van der Waals surface area contributed by atoms with Gasteiger partial charge in [0.05, 0.1) is 0 Å². The molecule has 2 rings (SSSR count). The summed E-state index contributed by atoms with van der Waals surface area (Å²) in [6.07, 6.45) is 1.97. The maximum Gasteiger partial charge on any atom is 0.185 e. The molecule has 1 aromatic rings. The van der Waals surface area contributed by atoms with Gasteiger partial charge in [-0.25, -0.2) is 0 Å². The number of rotatable bonds is 1. The van der Waals surface area contributed by atoms with Crippen molar-refractivity contribution in [1.29, 1.82) is 0 Å². The van der Waals surface area contributed by atoms with Gasteiger partial charge in [-0.1, -0.05) is 13.0 Å². The quantitative estimate of drug-likeness (QED) is 0.625. The fourth-order valence-electron chi connectivity index (χ4n) is 1.53. The normalized spacial score (nSPS) is 20.2. The van der Waals surface area contributed by atoms with Crippen molar-refractivity contribution in [3.8, 4) is 11.5 Å². The zero-order valence-electron chi connectivity index (χ0n) is 7.04. The molecule has 1 aromatic carbocycles. The van der Waals surface area contributed by atoms with Crippen LogP contribution in [0, 0.1) is 0 Å². The molecule has 63 valence electrons. The predicted octanol–water partition coefficient (Wildman–Crippen LogP) is 2.54. The Hall–Kier alpha value is -1.18. The van der Waals surface area contributed by atoms with E-state index < -0.39 is 0 Å². The molecule has 1 aliphatic rings. The zero-order chi connectivity index (χ0) is 8.55. The third-order valence-electron chi connectivity index (χ3n) is 2.27. The maximum atomic E-state index is 11.3. The monoisotopic (exact) mass is 163 g/mol. The fraction of sp³-hybridized carbons (Fsp3) is 0.400. The summed E-state index contributed by atoms with van der Waals surface area (Å²) in [5.74, 6) is 0.901. The molecule has 1 atom stereocenters. The van der Waals surface area contributed by atoms with Gasteiger partial charge in [-0.2, -0.15) is 0 Å². The van der Waals surface area contributed by atoms with Gasteiger partial charge in [-0.3, -0.25) is 5.11 Å². The predicted molar refractivity (Wildman–Crippen MR) is 45.0 cm³/mol. The zero-order valence-corrected chi connectivity index (χ0v) is 7.04. The minimum Gasteiger partial charge on any atom is -0.490 e. The third kappa shape index (κ3) is 1.04. The molecular weight excluding hydrogens is 152 g/mol. The smallest absolute Gasteiger partial charge is 0.185 e. The van der Waals surface area contributed by atoms with E-state index in [9.17, 15) is 5.11 Å². The second-order valence-electron chi connectivity index (χ2n) is 3.09. The number of benzene rings is 1. The van der Waals surface area contributed by atoms with Crippen LogP contribution in [0.3, 0.4) is 0 Å². The molecule has 1 heterocycles. The van der Waals surface area contributed by atoms with Crippen molar-refractivity contribution in [3.63, 3.8) is 0 Å². The lowest BCUT2D eigenvalue weighted by molar-refractivity contribution is 0.228. The molecule has 2 heteroatoms. The summed E-state index contributed by atoms with van der Waals surface area (Å²) in [7, 11) is 0. The fourth-order valence-corrected chi connectivity index (χ4v) is 1.53. The van der Waals surface area contributed by atoms with Crippen molar-refractivity contribution >= 4 is 0 Å². The Balaban J connectivity index is 2.35. The van der Waals surface area contributed by atoms with E-state index >= 15 is 0 Å². The van der Waals surface area contributed by atoms with Gasteiger partial charge in [-0.05, 0) is 18.6 Å². The molecule has 0 N–H and O–H groups in total. The molecule has 12 heavy (non-hydrogen) atoms. The van der Waals surface area contributed by atoms with Crippen molar-refractivity contribution < 1.29 is 9.84 Å². The first-order valence-corrected chi connectivity index (χ1v) is 4.27. The lowest BCUT2D eigenvalue weighted by Crippen LogP contribution is -2.10. The molecule has 0 aliphatic carbocycles. The van der Waals surface area contributed by atoms with Crippen molar-refractivity contribution in [2.24, 2.45) is 0 Å². The molecule has 0 saturated heterocycles. The average molecular weight is 163 g/mol. The van der Waals surface area contributed by atoms with Gasteiger partial charge < -0.3 is 4.74 Å². The summed E-state index contributed by atoms with van der Waals surface area (Å²) in [6, 6.07) is 5.21. The van der Waals surface area contributed by atoms with Crippen molar-refractivity contribution in [2.75, 3.05) is 0 Å². The van der Waals surface area contributed by atoms with Crippen molar-refractivity contribution in [1.82, 2.24) is 0 Å². The van der Waals surface area contributed by atoms with Crippen LogP contribution in [0.5, 0.6) is 11.5 Å². The Morgan fingerprint density at radius 3 is 3.08 bits per heavy atom. The second-order valence-corrected chi connectivity index (χ2v) is 3.09. The Labute approximate surface area is 71.8 Å². The van der Waals surface area contributed by atoms with Gasteiger partial charge in [0.15, 0.2) is 5.75 Å². The molecule has 1 aliphatic heterocycles. The number of hydrogen-bond donors (Lipinski definition) is 0. The van der Waals surface area contributed by atoms with Crippen LogP contribution in [0.2, 0.25) is 0 Å². The van der Waals surface area contributed by atoms with Gasteiger partial charge >= 0.3 is 0 Å². The molecule has 0 fully saturated rings. The van der Waals surface area contributed by atoms with Crippen LogP contribution < -0.4 is 4.74 Å². The Morgan fingerprint density at radius 1 is 1.58 bits per heavy atom. The van der Waals surface area contributed by atoms with Crippen LogP contribution in [0.15, 0.2) is 18.2 Å². The molecule has 0 saturated carbocycles. The lowest BCUT2D eigenvalue weighted by Gasteiger charge is -2.05. The molecule has 0 spiro atoms. The summed E-state index contributed by atoms with van der Waals surface area (Å²) in [5, 5.41) is 11.3. The van der Waals surface area contributed by atoms with E-state index in [1.54, 1.807) is 12.1 Å². The van der Waals surface area contributed by atoms with Crippen LogP contribution in [-0.4, -0.2) is 6.10 Å². The highest BCUT2D eigenvalue weighted by Gasteiger charge is 2.24. The van der Waals surface area contributed by atoms with Crippen molar-refractivity contribution in [3.05, 3.63) is 23.8 Å². The number of ether oxygens (including phenoxy) is 1. The molecule has 2 nitrogen and oxygen atoms in total. The van der Waals surface area contributed by atoms with Crippen LogP contribution in [0.4, 0.5) is 0 Å². The second kappa shape index (κ2) is 2.70. The van der Waals surface area contributed by atoms with Gasteiger partial charge in [0.2, 0.25) is 0 Å². The lowest BCUT2D eigenvalue weighted by atomic mass is 10.1. The largest absolute Gasteiger partial charge is 0.490 e. The summed E-state index contributed by atoms with van der Waals surface area (Å²) >= 11 is 0. The minimum atomic E-state index is 0.114. The molecule has 0 bridgehead atoms. The minimum absolute atomic E-state index is 0.114. The molecule has 0 aromatic heterocycles. The molecule has 1 unspecified atom stereocenters. The topological polar surface area (TPSA) is 29.1 Å². The Kier molecular flexibility index (Phi) is 1.68. The van der Waals surface area contributed by atoms with E-state index in [4.69, 9.17) is 4.74 Å². The van der Waals surface area contributed by atoms with Crippen molar-refractivity contribution in [2.45, 2.75) is 25.9 Å². The first-order chi connectivity index (χ1) is 5.81. The van der Waals surface area contributed by atoms with E-state index in [1.165, 1.54) is 0 Å². The van der Waals surface area contributed by atoms with Crippen LogP contribution in [0.25, 0.3) is 0 Å². The number of fused-ring (bicyclic) bond motifs is 1. The van der Waals surface area contributed by atoms with E-state index in [1.807, 2.05) is 6.07 Å². The summed E-state index contributed by atoms with van der Waals surface area (Å²) in [5.41, 5.74) is 0.851. The van der Waals surface area contributed by atoms with E-state index in [0.717, 1.165) is 24.2 Å². The SMILES string of the molecule is CCC1Cc2c([O])cccc2O1. The van der Waals surface area contributed by atoms with Gasteiger partial charge in [0.25, 0.3) is 0 Å². The molecule has 0 amide bonds. The highest BCUT2D eigenvalue weighted by molar-refractivity contribution is 5.46. The van der Waals surface area contributed by atoms with Gasteiger partial charge in [0, 0.05) is 12.0 Å². The Bertz CT molecular complexity index is 294. The first kappa shape index (κ1) is 7.47. The van der Waals surface area contributed by atoms with Crippen LogP contribution in [-0.2, 0) is 11.5 Å².